The van der Waals surface area contributed by atoms with Gasteiger partial charge in [-0.1, -0.05) is 80.6 Å². The number of rotatable bonds is 14. The second kappa shape index (κ2) is 24.1. The molecule has 498 valence electrons. The van der Waals surface area contributed by atoms with Gasteiger partial charge in [-0.2, -0.15) is 0 Å². The van der Waals surface area contributed by atoms with Gasteiger partial charge < -0.3 is 69.0 Å². The van der Waals surface area contributed by atoms with Crippen LogP contribution in [0.25, 0.3) is 0 Å². The number of amides is 2. The number of hydrogen-bond donors (Lipinski definition) is 6. The Morgan fingerprint density at radius 2 is 1.26 bits per heavy atom. The fourth-order valence-corrected chi connectivity index (χ4v) is 14.8. The van der Waals surface area contributed by atoms with Crippen LogP contribution in [0.1, 0.15) is 131 Å². The average molecular weight is 1320 g/mol. The molecule has 3 aliphatic heterocycles. The predicted molar refractivity (Wildman–Crippen MR) is 326 cm³/mol. The molecule has 3 fully saturated rings. The summed E-state index contributed by atoms with van der Waals surface area (Å²) in [4.78, 5) is 131. The normalized spacial score (nSPS) is 26.2. The first-order valence-electron chi connectivity index (χ1n) is 30.6. The van der Waals surface area contributed by atoms with Gasteiger partial charge in [0.15, 0.2) is 52.3 Å². The molecule has 3 heterocycles. The number of ketones is 1. The molecular weight excluding hydrogens is 1250 g/mol. The lowest BCUT2D eigenvalue weighted by molar-refractivity contribution is -0.346. The molecule has 1 spiro atoms. The predicted octanol–water partition coefficient (Wildman–Crippen LogP) is 7.36. The summed E-state index contributed by atoms with van der Waals surface area (Å²) < 4.78 is 80.2. The Labute approximate surface area is 546 Å². The van der Waals surface area contributed by atoms with Crippen molar-refractivity contribution in [2.24, 2.45) is 16.7 Å². The lowest BCUT2D eigenvalue weighted by Gasteiger charge is -2.67. The second-order valence-corrected chi connectivity index (χ2v) is 25.5. The molecule has 0 radical (unpaired) electrons. The number of aromatic hydroxyl groups is 2. The topological polar surface area (TPSA) is 332 Å². The van der Waals surface area contributed by atoms with E-state index in [9.17, 15) is 58.8 Å². The van der Waals surface area contributed by atoms with Crippen molar-refractivity contribution < 1.29 is 110 Å². The fourth-order valence-electron chi connectivity index (χ4n) is 14.8. The number of aliphatic hydroxyl groups is 2. The minimum absolute atomic E-state index is 0.0152. The first kappa shape index (κ1) is 65.7. The van der Waals surface area contributed by atoms with Gasteiger partial charge in [0.25, 0.3) is 11.8 Å². The minimum atomic E-state index is -2.65. The van der Waals surface area contributed by atoms with Gasteiger partial charge in [0.1, 0.15) is 47.6 Å². The number of benzene rings is 6. The van der Waals surface area contributed by atoms with Crippen LogP contribution in [0.3, 0.4) is 0 Å². The first-order valence-corrected chi connectivity index (χ1v) is 30.6. The third kappa shape index (κ3) is 10.6. The van der Waals surface area contributed by atoms with E-state index in [1.807, 2.05) is 0 Å². The monoisotopic (exact) mass is 1320 g/mol. The van der Waals surface area contributed by atoms with Crippen molar-refractivity contribution in [3.05, 3.63) is 201 Å². The number of nitrogens with one attached hydrogen (secondary N) is 2. The van der Waals surface area contributed by atoms with Crippen LogP contribution in [0, 0.1) is 28.4 Å². The number of aliphatic hydroxyl groups excluding tert-OH is 1. The van der Waals surface area contributed by atoms with E-state index in [0.717, 1.165) is 44.2 Å². The Bertz CT molecular complexity index is 4240. The van der Waals surface area contributed by atoms with E-state index < -0.39 is 178 Å². The van der Waals surface area contributed by atoms with E-state index in [1.54, 1.807) is 54.6 Å². The number of hydrogen-bond acceptors (Lipinski definition) is 21. The van der Waals surface area contributed by atoms with E-state index in [2.05, 4.69) is 10.6 Å². The molecule has 6 aromatic carbocycles. The molecule has 0 unspecified atom stereocenters. The summed E-state index contributed by atoms with van der Waals surface area (Å²) in [5, 5.41) is 52.4. The lowest BCUT2D eigenvalue weighted by Crippen LogP contribution is -2.82. The summed E-state index contributed by atoms with van der Waals surface area (Å²) in [7, 11) is 0. The van der Waals surface area contributed by atoms with E-state index in [4.69, 9.17) is 37.9 Å². The largest absolute Gasteiger partial charge is 0.505 e. The molecule has 6 N–H and O–H groups in total. The number of carbonyl (C=O) groups is 9. The lowest BCUT2D eigenvalue weighted by atomic mass is 9.44. The van der Waals surface area contributed by atoms with Crippen LogP contribution in [0.4, 0.5) is 8.78 Å². The van der Waals surface area contributed by atoms with E-state index in [-0.39, 0.29) is 67.2 Å². The molecule has 96 heavy (non-hydrogen) atoms. The molecule has 3 aliphatic carbocycles. The van der Waals surface area contributed by atoms with Crippen LogP contribution >= 0.6 is 0 Å². The van der Waals surface area contributed by atoms with E-state index in [1.165, 1.54) is 83.1 Å². The Morgan fingerprint density at radius 3 is 1.83 bits per heavy atom. The molecule has 6 aliphatic rings. The van der Waals surface area contributed by atoms with Crippen LogP contribution in [0.5, 0.6) is 23.0 Å². The van der Waals surface area contributed by atoms with Gasteiger partial charge in [0, 0.05) is 60.9 Å². The molecule has 2 saturated carbocycles. The maximum atomic E-state index is 16.7. The van der Waals surface area contributed by atoms with Gasteiger partial charge in [-0.3, -0.25) is 24.0 Å². The number of carbonyl (C=O) groups excluding carboxylic acids is 9. The highest BCUT2D eigenvalue weighted by atomic mass is 19.1. The van der Waals surface area contributed by atoms with Crippen LogP contribution in [0.15, 0.2) is 145 Å². The molecule has 12 rings (SSSR count). The quantitative estimate of drug-likeness (QED) is 0.0352. The van der Waals surface area contributed by atoms with Gasteiger partial charge in [-0.25, -0.2) is 28.0 Å². The fraction of sp³-hybridized carbons (Fsp3) is 0.338. The summed E-state index contributed by atoms with van der Waals surface area (Å²) in [5.41, 5.74) is -12.2. The van der Waals surface area contributed by atoms with Gasteiger partial charge in [-0.05, 0) is 92.1 Å². The van der Waals surface area contributed by atoms with E-state index >= 15 is 13.6 Å². The number of Topliss-reactive ketones (excluding diaryl/α,β-unsaturated/α-hetero) is 1. The summed E-state index contributed by atoms with van der Waals surface area (Å²) in [6, 6.07) is 27.2. The molecular formula is C71H64F2N2O21. The Kier molecular flexibility index (Phi) is 16.5. The van der Waals surface area contributed by atoms with Crippen LogP contribution in [-0.2, 0) is 62.7 Å². The molecule has 6 aromatic rings. The van der Waals surface area contributed by atoms with E-state index in [0.29, 0.717) is 0 Å². The van der Waals surface area contributed by atoms with Crippen molar-refractivity contribution >= 4 is 53.4 Å². The molecule has 1 saturated heterocycles. The Hall–Kier alpha value is -10.4. The van der Waals surface area contributed by atoms with Crippen molar-refractivity contribution in [1.29, 1.82) is 0 Å². The minimum Gasteiger partial charge on any atom is -0.505 e. The van der Waals surface area contributed by atoms with Crippen molar-refractivity contribution in [3.63, 3.8) is 0 Å². The first-order chi connectivity index (χ1) is 45.5. The highest BCUT2D eigenvalue weighted by Gasteiger charge is 2.79. The third-order valence-corrected chi connectivity index (χ3v) is 19.6. The Balaban J connectivity index is 0.933. The highest BCUT2D eigenvalue weighted by molar-refractivity contribution is 6.02. The molecule has 0 aromatic heterocycles. The zero-order chi connectivity index (χ0) is 68.9. The van der Waals surface area contributed by atoms with Gasteiger partial charge in [0.05, 0.1) is 46.2 Å². The summed E-state index contributed by atoms with van der Waals surface area (Å²) in [6.45, 7) is 8.44. The van der Waals surface area contributed by atoms with Gasteiger partial charge >= 0.3 is 35.8 Å². The van der Waals surface area contributed by atoms with Crippen LogP contribution in [-0.4, -0.2) is 134 Å². The number of fused-ring (bicyclic) bond motifs is 11. The molecule has 25 heteroatoms. The standard InChI is InChI=1S/C71H64F2N2O21/c1-33-51(92-66(87)56(80)55(37-17-11-8-12-18-37)75-61(82)38-19-13-9-14-20-38)31-70(88)60(94-64(85)39-21-15-10-16-22-39)58-68(7,59(81)57(90-35(3)76)54(33)67(70,5)6)52(30-53-69(58,32-89-53)95-36(4)77)93-63(84)34(2)74-62(83)40-23-24-41-42(25-40)71(96-65(41)86)43-26-45(72)47(78)28-49(43)91-50-29-48(79)46(73)27-44(50)71/h8-29,34,51-53,55-58,60,78-80,88H,30-32H2,1-7H3,(H,74,83)(H,75,82)/t34-,51-,52-,53+,55-,56+,57+,58-,60-,68+,69-,70+/m0/s1. The van der Waals surface area contributed by atoms with Gasteiger partial charge in [-0.15, -0.1) is 0 Å². The Morgan fingerprint density at radius 1 is 0.677 bits per heavy atom. The SMILES string of the molecule is CC(=O)O[C@H]1C(=O)[C@]2(C)[C@@H](OC(=O)[C@H](C)NC(=O)c3ccc4c(c3)C3(OC4=O)c4cc(F)c(O)cc4Oc4cc(O)c(F)cc43)C[C@H]3OC[C@@]3(OC(C)=O)[C@H]2[C@H](OC(=O)c2ccccc2)[C@]2(O)C[C@H](OC(=O)[C@H](O)[C@@H](NC(=O)c3ccccc3)c3ccccc3)C(C)=C1C2(C)C. The maximum Gasteiger partial charge on any atom is 0.340 e. The van der Waals surface area contributed by atoms with Crippen LogP contribution in [0.2, 0.25) is 0 Å². The van der Waals surface area contributed by atoms with Crippen molar-refractivity contribution in [2.75, 3.05) is 6.61 Å². The summed E-state index contributed by atoms with van der Waals surface area (Å²) in [5.74, 6) is -16.0. The second-order valence-electron chi connectivity index (χ2n) is 25.5. The highest BCUT2D eigenvalue weighted by Crippen LogP contribution is 2.65. The average Bonchev–Trinajstić information content (AvgIpc) is 0.720. The van der Waals surface area contributed by atoms with Gasteiger partial charge in [0.2, 0.25) is 0 Å². The number of esters is 6. The molecule has 2 bridgehead atoms. The molecule has 12 atom stereocenters. The summed E-state index contributed by atoms with van der Waals surface area (Å²) >= 11 is 0. The number of phenols is 2. The van der Waals surface area contributed by atoms with Crippen molar-refractivity contribution in [3.8, 4) is 23.0 Å². The zero-order valence-electron chi connectivity index (χ0n) is 52.5. The molecule has 23 nitrogen and oxygen atoms in total. The van der Waals surface area contributed by atoms with Crippen molar-refractivity contribution in [2.45, 2.75) is 127 Å². The third-order valence-electron chi connectivity index (χ3n) is 19.6. The smallest absolute Gasteiger partial charge is 0.340 e. The number of halogens is 2. The maximum absolute atomic E-state index is 16.7. The van der Waals surface area contributed by atoms with Crippen molar-refractivity contribution in [1.82, 2.24) is 10.6 Å². The summed E-state index contributed by atoms with van der Waals surface area (Å²) in [6.07, 6.45) is -12.4. The van der Waals surface area contributed by atoms with Crippen LogP contribution < -0.4 is 15.4 Å². The molecule has 2 amide bonds. The zero-order valence-corrected chi connectivity index (χ0v) is 52.5. The number of phenolic OH excluding ortho intramolecular Hbond substituents is 2. The number of ether oxygens (including phenoxy) is 8.